The first kappa shape index (κ1) is 16.2. The Bertz CT molecular complexity index is 652. The van der Waals surface area contributed by atoms with Crippen molar-refractivity contribution in [2.24, 2.45) is 0 Å². The van der Waals surface area contributed by atoms with Crippen LogP contribution in [0.25, 0.3) is 0 Å². The Labute approximate surface area is 133 Å². The topological polar surface area (TPSA) is 122 Å². The van der Waals surface area contributed by atoms with Gasteiger partial charge in [0.25, 0.3) is 0 Å². The highest BCUT2D eigenvalue weighted by molar-refractivity contribution is 6.17. The summed E-state index contributed by atoms with van der Waals surface area (Å²) in [7, 11) is 0. The van der Waals surface area contributed by atoms with E-state index in [1.54, 1.807) is 0 Å². The molecule has 0 saturated carbocycles. The van der Waals surface area contributed by atoms with E-state index in [0.717, 1.165) is 0 Å². The molecule has 12 heteroatoms. The van der Waals surface area contributed by atoms with E-state index in [1.165, 1.54) is 21.8 Å². The zero-order valence-electron chi connectivity index (χ0n) is 11.1. The van der Waals surface area contributed by atoms with Crippen LogP contribution in [0.3, 0.4) is 0 Å². The Balaban J connectivity index is 2.21. The van der Waals surface area contributed by atoms with Crippen LogP contribution in [0, 0.1) is 20.2 Å². The molecule has 2 aromatic heterocycles. The largest absolute Gasteiger partial charge is 0.386 e. The molecular formula is C10H10Cl2N6O4. The van der Waals surface area contributed by atoms with E-state index in [2.05, 4.69) is 9.97 Å². The number of hydrogen-bond donors (Lipinski definition) is 0. The molecule has 2 heterocycles. The molecule has 2 rings (SSSR count). The minimum atomic E-state index is -0.611. The zero-order valence-corrected chi connectivity index (χ0v) is 12.6. The molecule has 118 valence electrons. The molecular weight excluding hydrogens is 339 g/mol. The Kier molecular flexibility index (Phi) is 4.93. The minimum absolute atomic E-state index is 0.0667. The fraction of sp³-hybridized carbons (Fsp3) is 0.400. The number of aromatic nitrogens is 4. The number of nitro groups is 2. The van der Waals surface area contributed by atoms with Crippen LogP contribution >= 0.6 is 23.2 Å². The summed E-state index contributed by atoms with van der Waals surface area (Å²) < 4.78 is 3.05. The molecule has 0 aliphatic heterocycles. The van der Waals surface area contributed by atoms with Gasteiger partial charge < -0.3 is 29.4 Å². The van der Waals surface area contributed by atoms with Gasteiger partial charge in [0.2, 0.25) is 12.7 Å². The summed E-state index contributed by atoms with van der Waals surface area (Å²) in [5.74, 6) is -0.737. The first-order chi connectivity index (χ1) is 10.5. The van der Waals surface area contributed by atoms with Crippen LogP contribution in [0.2, 0.25) is 0 Å². The van der Waals surface area contributed by atoms with E-state index >= 15 is 0 Å². The normalized spacial score (nSPS) is 10.8. The van der Waals surface area contributed by atoms with E-state index in [4.69, 9.17) is 23.2 Å². The molecule has 0 radical (unpaired) electrons. The van der Waals surface area contributed by atoms with Gasteiger partial charge in [0.1, 0.15) is 11.4 Å². The Morgan fingerprint density at radius 1 is 0.909 bits per heavy atom. The van der Waals surface area contributed by atoms with Gasteiger partial charge >= 0.3 is 11.6 Å². The van der Waals surface area contributed by atoms with Crippen molar-refractivity contribution in [3.8, 4) is 0 Å². The summed E-state index contributed by atoms with van der Waals surface area (Å²) >= 11 is 11.4. The van der Waals surface area contributed by atoms with Crippen LogP contribution in [0.1, 0.15) is 11.4 Å². The van der Waals surface area contributed by atoms with Crippen LogP contribution < -0.4 is 0 Å². The lowest BCUT2D eigenvalue weighted by Gasteiger charge is -2.07. The van der Waals surface area contributed by atoms with Gasteiger partial charge in [0.15, 0.2) is 0 Å². The van der Waals surface area contributed by atoms with Gasteiger partial charge in [-0.05, 0) is 19.8 Å². The quantitative estimate of drug-likeness (QED) is 0.428. The zero-order chi connectivity index (χ0) is 16.3. The number of halogens is 2. The van der Waals surface area contributed by atoms with Crippen molar-refractivity contribution < 1.29 is 9.85 Å². The van der Waals surface area contributed by atoms with Gasteiger partial charge in [-0.3, -0.25) is 0 Å². The highest BCUT2D eigenvalue weighted by atomic mass is 35.5. The Hall–Kier alpha value is -2.20. The molecule has 0 saturated heterocycles. The number of alkyl halides is 2. The van der Waals surface area contributed by atoms with Crippen molar-refractivity contribution in [1.82, 2.24) is 19.1 Å². The third kappa shape index (κ3) is 3.02. The fourth-order valence-corrected chi connectivity index (χ4v) is 2.52. The van der Waals surface area contributed by atoms with Gasteiger partial charge in [-0.2, -0.15) is 0 Å². The third-order valence-electron chi connectivity index (χ3n) is 3.03. The molecule has 0 unspecified atom stereocenters. The van der Waals surface area contributed by atoms with E-state index in [0.29, 0.717) is 13.1 Å². The highest BCUT2D eigenvalue weighted by Crippen LogP contribution is 2.20. The molecule has 0 bridgehead atoms. The molecule has 2 aromatic rings. The van der Waals surface area contributed by atoms with Crippen molar-refractivity contribution in [2.75, 3.05) is 0 Å². The van der Waals surface area contributed by atoms with E-state index in [-0.39, 0.29) is 34.8 Å². The molecule has 0 amide bonds. The summed E-state index contributed by atoms with van der Waals surface area (Å²) in [6.45, 7) is 0.584. The average molecular weight is 349 g/mol. The van der Waals surface area contributed by atoms with Crippen molar-refractivity contribution >= 4 is 34.8 Å². The van der Waals surface area contributed by atoms with Crippen molar-refractivity contribution in [1.29, 1.82) is 0 Å². The summed E-state index contributed by atoms with van der Waals surface area (Å²) in [5, 5.41) is 21.6. The van der Waals surface area contributed by atoms with E-state index < -0.39 is 9.85 Å². The monoisotopic (exact) mass is 348 g/mol. The highest BCUT2D eigenvalue weighted by Gasteiger charge is 2.23. The SMILES string of the molecule is O=[N+]([O-])c1ncn(CCn2cnc([N+](=O)[O-])c2CCl)c1CCl. The van der Waals surface area contributed by atoms with E-state index in [9.17, 15) is 20.2 Å². The van der Waals surface area contributed by atoms with Crippen LogP contribution in [-0.4, -0.2) is 28.9 Å². The number of imidazole rings is 2. The van der Waals surface area contributed by atoms with E-state index in [1.807, 2.05) is 0 Å². The number of aryl methyl sites for hydroxylation is 2. The van der Waals surface area contributed by atoms with Crippen LogP contribution in [-0.2, 0) is 24.8 Å². The predicted molar refractivity (Wildman–Crippen MR) is 76.9 cm³/mol. The second-order valence-corrected chi connectivity index (χ2v) is 4.73. The van der Waals surface area contributed by atoms with Crippen molar-refractivity contribution in [3.63, 3.8) is 0 Å². The molecule has 0 aliphatic carbocycles. The molecule has 0 aromatic carbocycles. The van der Waals surface area contributed by atoms with Gasteiger partial charge in [-0.15, -0.1) is 23.2 Å². The maximum Gasteiger partial charge on any atom is 0.386 e. The number of hydrogen-bond acceptors (Lipinski definition) is 6. The summed E-state index contributed by atoms with van der Waals surface area (Å²) in [6, 6.07) is 0. The van der Waals surface area contributed by atoms with Gasteiger partial charge in [-0.25, -0.2) is 0 Å². The van der Waals surface area contributed by atoms with Gasteiger partial charge in [0.05, 0.1) is 11.8 Å². The first-order valence-electron chi connectivity index (χ1n) is 5.98. The molecule has 0 aliphatic rings. The van der Waals surface area contributed by atoms with Crippen molar-refractivity contribution in [3.05, 3.63) is 44.3 Å². The maximum absolute atomic E-state index is 10.8. The lowest BCUT2D eigenvalue weighted by molar-refractivity contribution is -0.390. The molecule has 0 spiro atoms. The molecule has 22 heavy (non-hydrogen) atoms. The first-order valence-corrected chi connectivity index (χ1v) is 7.05. The van der Waals surface area contributed by atoms with Gasteiger partial charge in [-0.1, -0.05) is 0 Å². The second-order valence-electron chi connectivity index (χ2n) is 4.20. The van der Waals surface area contributed by atoms with Crippen LogP contribution in [0.4, 0.5) is 11.6 Å². The van der Waals surface area contributed by atoms with Crippen LogP contribution in [0.5, 0.6) is 0 Å². The molecule has 0 fully saturated rings. The smallest absolute Gasteiger partial charge is 0.358 e. The maximum atomic E-state index is 10.8. The van der Waals surface area contributed by atoms with Crippen LogP contribution in [0.15, 0.2) is 12.7 Å². The average Bonchev–Trinajstić information content (AvgIpc) is 3.07. The Morgan fingerprint density at radius 3 is 1.55 bits per heavy atom. The molecule has 0 atom stereocenters. The standard InChI is InChI=1S/C10H10Cl2N6O4/c11-3-7-9(17(19)20)13-5-15(7)1-2-16-6-14-10(18(21)22)8(16)4-12/h5-6H,1-4H2. The Morgan fingerprint density at radius 2 is 1.27 bits per heavy atom. The molecule has 0 N–H and O–H groups in total. The number of rotatable bonds is 7. The fourth-order valence-electron chi connectivity index (χ4n) is 1.97. The predicted octanol–water partition coefficient (Wildman–Crippen LogP) is 2.07. The summed E-state index contributed by atoms with van der Waals surface area (Å²) in [5.41, 5.74) is 0.544. The van der Waals surface area contributed by atoms with Crippen molar-refractivity contribution in [2.45, 2.75) is 24.8 Å². The third-order valence-corrected chi connectivity index (χ3v) is 3.54. The summed E-state index contributed by atoms with van der Waals surface area (Å²) in [6.07, 6.45) is 2.61. The number of nitrogens with zero attached hydrogens (tertiary/aromatic N) is 6. The summed E-state index contributed by atoms with van der Waals surface area (Å²) in [4.78, 5) is 27.8. The second kappa shape index (κ2) is 6.71. The van der Waals surface area contributed by atoms with Gasteiger partial charge in [0, 0.05) is 13.1 Å². The molecule has 10 nitrogen and oxygen atoms in total. The minimum Gasteiger partial charge on any atom is -0.358 e. The lowest BCUT2D eigenvalue weighted by Crippen LogP contribution is -2.10. The lowest BCUT2D eigenvalue weighted by atomic mass is 10.4.